The molecule has 0 spiro atoms. The lowest BCUT2D eigenvalue weighted by Crippen LogP contribution is -2.36. The van der Waals surface area contributed by atoms with Crippen molar-refractivity contribution < 1.29 is 0 Å². The summed E-state index contributed by atoms with van der Waals surface area (Å²) in [5, 5.41) is 0. The average molecular weight is 232 g/mol. The minimum atomic E-state index is 0.318. The molecule has 2 unspecified atom stereocenters. The molecule has 1 fully saturated rings. The van der Waals surface area contributed by atoms with E-state index in [1.54, 1.807) is 11.3 Å². The first-order valence-electron chi connectivity index (χ1n) is 4.76. The van der Waals surface area contributed by atoms with Gasteiger partial charge in [0.1, 0.15) is 0 Å². The normalized spacial score (nSPS) is 28.5. The lowest BCUT2D eigenvalue weighted by atomic mass is 10.2. The van der Waals surface area contributed by atoms with Crippen LogP contribution in [0.1, 0.15) is 18.2 Å². The molecule has 5 heteroatoms. The Bertz CT molecular complexity index is 315. The lowest BCUT2D eigenvalue weighted by Gasteiger charge is -2.21. The zero-order valence-corrected chi connectivity index (χ0v) is 9.68. The molecule has 1 aliphatic heterocycles. The molecule has 2 rings (SSSR count). The molecule has 2 heterocycles. The summed E-state index contributed by atoms with van der Waals surface area (Å²) in [5.41, 5.74) is 5.95. The van der Waals surface area contributed by atoms with Crippen molar-refractivity contribution in [2.24, 2.45) is 5.73 Å². The van der Waals surface area contributed by atoms with Crippen molar-refractivity contribution in [1.29, 1.82) is 0 Å². The molecule has 2 N–H and O–H groups in total. The Balaban J connectivity index is 1.98. The van der Waals surface area contributed by atoms with Gasteiger partial charge in [-0.1, -0.05) is 11.6 Å². The smallest absolute Gasteiger partial charge is 0.183 e. The molecule has 0 saturated carbocycles. The number of thiazole rings is 1. The van der Waals surface area contributed by atoms with Crippen LogP contribution in [0.3, 0.4) is 0 Å². The van der Waals surface area contributed by atoms with Crippen LogP contribution in [0, 0.1) is 0 Å². The van der Waals surface area contributed by atoms with Gasteiger partial charge in [-0.15, -0.1) is 11.3 Å². The molecule has 1 saturated heterocycles. The van der Waals surface area contributed by atoms with Gasteiger partial charge < -0.3 is 5.73 Å². The number of halogens is 1. The van der Waals surface area contributed by atoms with Crippen molar-refractivity contribution in [1.82, 2.24) is 9.88 Å². The maximum atomic E-state index is 5.95. The molecular weight excluding hydrogens is 218 g/mol. The zero-order chi connectivity index (χ0) is 10.1. The second kappa shape index (κ2) is 4.14. The van der Waals surface area contributed by atoms with Crippen LogP contribution in [0.5, 0.6) is 0 Å². The van der Waals surface area contributed by atoms with Gasteiger partial charge in [0.2, 0.25) is 0 Å². The van der Waals surface area contributed by atoms with Crippen LogP contribution in [-0.4, -0.2) is 28.5 Å². The van der Waals surface area contributed by atoms with E-state index in [4.69, 9.17) is 17.3 Å². The molecule has 0 radical (unpaired) electrons. The molecule has 78 valence electrons. The number of hydrogen-bond acceptors (Lipinski definition) is 4. The van der Waals surface area contributed by atoms with E-state index in [1.165, 1.54) is 4.88 Å². The van der Waals surface area contributed by atoms with Crippen LogP contribution < -0.4 is 5.73 Å². The first-order chi connectivity index (χ1) is 6.66. The van der Waals surface area contributed by atoms with Gasteiger partial charge in [0.25, 0.3) is 0 Å². The van der Waals surface area contributed by atoms with Crippen molar-refractivity contribution in [2.75, 3.05) is 6.54 Å². The number of nitrogens with zero attached hydrogens (tertiary/aromatic N) is 2. The van der Waals surface area contributed by atoms with Gasteiger partial charge in [-0.05, 0) is 13.3 Å². The maximum absolute atomic E-state index is 5.95. The van der Waals surface area contributed by atoms with E-state index in [2.05, 4.69) is 16.8 Å². The summed E-state index contributed by atoms with van der Waals surface area (Å²) < 4.78 is 0.621. The van der Waals surface area contributed by atoms with Gasteiger partial charge in [0.15, 0.2) is 4.47 Å². The molecule has 2 atom stereocenters. The summed E-state index contributed by atoms with van der Waals surface area (Å²) in [6.07, 6.45) is 2.94. The van der Waals surface area contributed by atoms with Crippen LogP contribution in [0.15, 0.2) is 6.20 Å². The van der Waals surface area contributed by atoms with Crippen molar-refractivity contribution in [3.8, 4) is 0 Å². The number of aromatic nitrogens is 1. The van der Waals surface area contributed by atoms with E-state index >= 15 is 0 Å². The topological polar surface area (TPSA) is 42.1 Å². The van der Waals surface area contributed by atoms with E-state index in [-0.39, 0.29) is 0 Å². The molecule has 0 aliphatic carbocycles. The third-order valence-electron chi connectivity index (χ3n) is 2.83. The van der Waals surface area contributed by atoms with E-state index in [0.29, 0.717) is 16.6 Å². The lowest BCUT2D eigenvalue weighted by molar-refractivity contribution is 0.254. The van der Waals surface area contributed by atoms with Crippen molar-refractivity contribution >= 4 is 22.9 Å². The summed E-state index contributed by atoms with van der Waals surface area (Å²) in [5.74, 6) is 0. The van der Waals surface area contributed by atoms with E-state index in [0.717, 1.165) is 19.5 Å². The van der Waals surface area contributed by atoms with Crippen LogP contribution in [-0.2, 0) is 6.54 Å². The van der Waals surface area contributed by atoms with Crippen LogP contribution in [0.4, 0.5) is 0 Å². The van der Waals surface area contributed by atoms with Gasteiger partial charge in [-0.2, -0.15) is 0 Å². The van der Waals surface area contributed by atoms with Gasteiger partial charge in [0.05, 0.1) is 0 Å². The third kappa shape index (κ3) is 2.08. The number of rotatable bonds is 2. The number of nitrogens with two attached hydrogens (primary N) is 1. The Kier molecular flexibility index (Phi) is 3.07. The third-order valence-corrected chi connectivity index (χ3v) is 3.93. The molecular formula is C9H14ClN3S. The Morgan fingerprint density at radius 2 is 2.57 bits per heavy atom. The van der Waals surface area contributed by atoms with Gasteiger partial charge in [-0.25, -0.2) is 4.98 Å². The van der Waals surface area contributed by atoms with Crippen LogP contribution in [0.2, 0.25) is 4.47 Å². The first kappa shape index (κ1) is 10.4. The second-order valence-corrected chi connectivity index (χ2v) is 5.44. The van der Waals surface area contributed by atoms with E-state index in [9.17, 15) is 0 Å². The first-order valence-corrected chi connectivity index (χ1v) is 5.96. The molecule has 0 aromatic carbocycles. The van der Waals surface area contributed by atoms with Gasteiger partial charge >= 0.3 is 0 Å². The van der Waals surface area contributed by atoms with Crippen LogP contribution >= 0.6 is 22.9 Å². The van der Waals surface area contributed by atoms with Crippen molar-refractivity contribution in [3.05, 3.63) is 15.5 Å². The maximum Gasteiger partial charge on any atom is 0.183 e. The highest BCUT2D eigenvalue weighted by molar-refractivity contribution is 7.15. The Hall–Kier alpha value is -0.160. The summed E-state index contributed by atoms with van der Waals surface area (Å²) in [6.45, 7) is 4.19. The van der Waals surface area contributed by atoms with Crippen molar-refractivity contribution in [2.45, 2.75) is 32.0 Å². The summed E-state index contributed by atoms with van der Waals surface area (Å²) in [4.78, 5) is 7.63. The molecule has 0 bridgehead atoms. The number of hydrogen-bond donors (Lipinski definition) is 1. The fourth-order valence-electron chi connectivity index (χ4n) is 1.81. The highest BCUT2D eigenvalue weighted by Crippen LogP contribution is 2.23. The fraction of sp³-hybridized carbons (Fsp3) is 0.667. The predicted molar refractivity (Wildman–Crippen MR) is 59.6 cm³/mol. The highest BCUT2D eigenvalue weighted by Gasteiger charge is 2.27. The Morgan fingerprint density at radius 3 is 3.07 bits per heavy atom. The molecule has 1 aromatic rings. The Morgan fingerprint density at radius 1 is 1.79 bits per heavy atom. The molecule has 3 nitrogen and oxygen atoms in total. The Labute approximate surface area is 92.9 Å². The van der Waals surface area contributed by atoms with Crippen LogP contribution in [0.25, 0.3) is 0 Å². The summed E-state index contributed by atoms with van der Waals surface area (Å²) in [6, 6.07) is 0.786. The van der Waals surface area contributed by atoms with E-state index in [1.807, 2.05) is 6.20 Å². The fourth-order valence-corrected chi connectivity index (χ4v) is 2.81. The zero-order valence-electron chi connectivity index (χ0n) is 8.11. The molecule has 1 aromatic heterocycles. The summed E-state index contributed by atoms with van der Waals surface area (Å²) in [7, 11) is 0. The SMILES string of the molecule is CC1C(N)CCN1Cc1cnc(Cl)s1. The second-order valence-electron chi connectivity index (χ2n) is 3.74. The van der Waals surface area contributed by atoms with Crippen molar-refractivity contribution in [3.63, 3.8) is 0 Å². The van der Waals surface area contributed by atoms with E-state index < -0.39 is 0 Å². The van der Waals surface area contributed by atoms with Gasteiger partial charge in [-0.3, -0.25) is 4.90 Å². The molecule has 0 amide bonds. The highest BCUT2D eigenvalue weighted by atomic mass is 35.5. The average Bonchev–Trinajstić information content (AvgIpc) is 2.67. The minimum absolute atomic E-state index is 0.318. The molecule has 14 heavy (non-hydrogen) atoms. The molecule has 1 aliphatic rings. The quantitative estimate of drug-likeness (QED) is 0.843. The summed E-state index contributed by atoms with van der Waals surface area (Å²) >= 11 is 7.32. The monoisotopic (exact) mass is 231 g/mol. The predicted octanol–water partition coefficient (Wildman–Crippen LogP) is 1.72. The minimum Gasteiger partial charge on any atom is -0.326 e. The number of likely N-dealkylation sites (tertiary alicyclic amines) is 1. The largest absolute Gasteiger partial charge is 0.326 e. The standard InChI is InChI=1S/C9H14ClN3S/c1-6-8(11)2-3-13(6)5-7-4-12-9(10)14-7/h4,6,8H,2-3,5,11H2,1H3. The van der Waals surface area contributed by atoms with Gasteiger partial charge in [0, 0.05) is 36.2 Å².